The number of likely N-dealkylation sites (N-methyl/N-ethyl adjacent to an activating group) is 1. The van der Waals surface area contributed by atoms with E-state index in [1.165, 1.54) is 11.1 Å². The Morgan fingerprint density at radius 3 is 2.54 bits per heavy atom. The van der Waals surface area contributed by atoms with Crippen LogP contribution in [0.15, 0.2) is 59.5 Å². The molecule has 0 spiro atoms. The average molecular weight is 366 g/mol. The second kappa shape index (κ2) is 6.41. The maximum absolute atomic E-state index is 13.0. The number of fused-ring (bicyclic) bond motifs is 2. The lowest BCUT2D eigenvalue weighted by atomic mass is 10.00. The van der Waals surface area contributed by atoms with Gasteiger partial charge >= 0.3 is 0 Å². The van der Waals surface area contributed by atoms with Crippen LogP contribution in [0.2, 0.25) is 0 Å². The summed E-state index contributed by atoms with van der Waals surface area (Å²) >= 11 is 0. The summed E-state index contributed by atoms with van der Waals surface area (Å²) in [5, 5.41) is 1.71. The molecule has 0 saturated heterocycles. The molecule has 26 heavy (non-hydrogen) atoms. The predicted molar refractivity (Wildman–Crippen MR) is 106 cm³/mol. The molecule has 0 fully saturated rings. The number of sulfonamides is 1. The third-order valence-electron chi connectivity index (χ3n) is 5.05. The van der Waals surface area contributed by atoms with Gasteiger partial charge in [0.15, 0.2) is 0 Å². The van der Waals surface area contributed by atoms with Crippen LogP contribution in [0.3, 0.4) is 0 Å². The van der Waals surface area contributed by atoms with Crippen molar-refractivity contribution in [2.75, 3.05) is 18.3 Å². The van der Waals surface area contributed by atoms with Crippen LogP contribution in [-0.2, 0) is 23.0 Å². The molecular weight excluding hydrogens is 344 g/mol. The standard InChI is InChI=1S/C21H22N2O2S/c1-15-7-10-21(20-6-4-3-5-19(15)20)26(24,25)22-18-9-8-17-14-23(2)12-11-16(17)13-18/h3-10,13,22H,11-12,14H2,1-2H3. The molecule has 3 aromatic carbocycles. The first-order valence-corrected chi connectivity index (χ1v) is 10.2. The van der Waals surface area contributed by atoms with Gasteiger partial charge in [0, 0.05) is 24.2 Å². The maximum atomic E-state index is 13.0. The molecule has 0 atom stereocenters. The van der Waals surface area contributed by atoms with Crippen LogP contribution in [-0.4, -0.2) is 26.9 Å². The van der Waals surface area contributed by atoms with Crippen molar-refractivity contribution in [3.8, 4) is 0 Å². The van der Waals surface area contributed by atoms with Crippen molar-refractivity contribution in [3.05, 3.63) is 71.3 Å². The third-order valence-corrected chi connectivity index (χ3v) is 6.49. The molecule has 0 bridgehead atoms. The fourth-order valence-corrected chi connectivity index (χ4v) is 4.89. The molecule has 1 aliphatic heterocycles. The Labute approximate surface area is 154 Å². The molecule has 0 radical (unpaired) electrons. The third kappa shape index (κ3) is 3.08. The van der Waals surface area contributed by atoms with Gasteiger partial charge < -0.3 is 4.90 Å². The van der Waals surface area contributed by atoms with Crippen molar-refractivity contribution in [2.45, 2.75) is 24.8 Å². The predicted octanol–water partition coefficient (Wildman–Crippen LogP) is 3.94. The largest absolute Gasteiger partial charge is 0.302 e. The second-order valence-electron chi connectivity index (χ2n) is 7.00. The van der Waals surface area contributed by atoms with Crippen LogP contribution in [0.25, 0.3) is 10.8 Å². The zero-order valence-electron chi connectivity index (χ0n) is 15.0. The number of rotatable bonds is 3. The Kier molecular flexibility index (Phi) is 4.21. The SMILES string of the molecule is Cc1ccc(S(=O)(=O)Nc2ccc3c(c2)CCN(C)C3)c2ccccc12. The van der Waals surface area contributed by atoms with Gasteiger partial charge in [-0.05, 0) is 60.7 Å². The van der Waals surface area contributed by atoms with Crippen LogP contribution in [0.4, 0.5) is 5.69 Å². The van der Waals surface area contributed by atoms with Crippen molar-refractivity contribution in [3.63, 3.8) is 0 Å². The zero-order chi connectivity index (χ0) is 18.3. The highest BCUT2D eigenvalue weighted by molar-refractivity contribution is 7.93. The Hall–Kier alpha value is -2.37. The molecule has 1 aliphatic rings. The van der Waals surface area contributed by atoms with E-state index in [1.54, 1.807) is 6.07 Å². The molecule has 3 aromatic rings. The summed E-state index contributed by atoms with van der Waals surface area (Å²) in [4.78, 5) is 2.58. The molecule has 4 rings (SSSR count). The summed E-state index contributed by atoms with van der Waals surface area (Å²) < 4.78 is 28.8. The first-order valence-electron chi connectivity index (χ1n) is 8.75. The van der Waals surface area contributed by atoms with Gasteiger partial charge in [-0.1, -0.05) is 36.4 Å². The van der Waals surface area contributed by atoms with E-state index in [0.717, 1.165) is 35.8 Å². The molecule has 0 unspecified atom stereocenters. The number of benzene rings is 3. The van der Waals surface area contributed by atoms with Crippen molar-refractivity contribution >= 4 is 26.5 Å². The van der Waals surface area contributed by atoms with E-state index in [4.69, 9.17) is 0 Å². The first-order chi connectivity index (χ1) is 12.4. The van der Waals surface area contributed by atoms with Gasteiger partial charge in [0.1, 0.15) is 0 Å². The maximum Gasteiger partial charge on any atom is 0.262 e. The monoisotopic (exact) mass is 366 g/mol. The molecular formula is C21H22N2O2S. The van der Waals surface area contributed by atoms with Crippen LogP contribution < -0.4 is 4.72 Å². The van der Waals surface area contributed by atoms with Crippen LogP contribution in [0.1, 0.15) is 16.7 Å². The number of anilines is 1. The van der Waals surface area contributed by atoms with E-state index in [2.05, 4.69) is 16.7 Å². The summed E-state index contributed by atoms with van der Waals surface area (Å²) in [5.74, 6) is 0. The van der Waals surface area contributed by atoms with Gasteiger partial charge in [-0.3, -0.25) is 4.72 Å². The minimum atomic E-state index is -3.65. The Morgan fingerprint density at radius 2 is 1.73 bits per heavy atom. The highest BCUT2D eigenvalue weighted by Crippen LogP contribution is 2.28. The number of hydrogen-bond acceptors (Lipinski definition) is 3. The Morgan fingerprint density at radius 1 is 0.962 bits per heavy atom. The lowest BCUT2D eigenvalue weighted by Crippen LogP contribution is -2.26. The van der Waals surface area contributed by atoms with E-state index in [0.29, 0.717) is 10.6 Å². The van der Waals surface area contributed by atoms with Crippen LogP contribution >= 0.6 is 0 Å². The highest BCUT2D eigenvalue weighted by Gasteiger charge is 2.19. The quantitative estimate of drug-likeness (QED) is 0.764. The molecule has 4 nitrogen and oxygen atoms in total. The summed E-state index contributed by atoms with van der Waals surface area (Å²) in [5.41, 5.74) is 4.18. The second-order valence-corrected chi connectivity index (χ2v) is 8.65. The smallest absolute Gasteiger partial charge is 0.262 e. The molecule has 0 aliphatic carbocycles. The number of nitrogens with one attached hydrogen (secondary N) is 1. The lowest BCUT2D eigenvalue weighted by molar-refractivity contribution is 0.313. The van der Waals surface area contributed by atoms with E-state index in [1.807, 2.05) is 55.5 Å². The number of aryl methyl sites for hydroxylation is 1. The fourth-order valence-electron chi connectivity index (χ4n) is 3.62. The number of hydrogen-bond donors (Lipinski definition) is 1. The van der Waals surface area contributed by atoms with E-state index in [9.17, 15) is 8.42 Å². The molecule has 0 saturated carbocycles. The topological polar surface area (TPSA) is 49.4 Å². The Balaban J connectivity index is 1.72. The normalized spacial score (nSPS) is 15.0. The lowest BCUT2D eigenvalue weighted by Gasteiger charge is -2.25. The fraction of sp³-hybridized carbons (Fsp3) is 0.238. The van der Waals surface area contributed by atoms with E-state index in [-0.39, 0.29) is 0 Å². The van der Waals surface area contributed by atoms with Crippen molar-refractivity contribution < 1.29 is 8.42 Å². The van der Waals surface area contributed by atoms with E-state index >= 15 is 0 Å². The van der Waals surface area contributed by atoms with Crippen LogP contribution in [0.5, 0.6) is 0 Å². The van der Waals surface area contributed by atoms with Gasteiger partial charge in [-0.25, -0.2) is 8.42 Å². The van der Waals surface area contributed by atoms with Gasteiger partial charge in [0.05, 0.1) is 4.90 Å². The van der Waals surface area contributed by atoms with Gasteiger partial charge in [0.25, 0.3) is 10.0 Å². The summed E-state index contributed by atoms with van der Waals surface area (Å²) in [6, 6.07) is 17.0. The minimum absolute atomic E-state index is 0.316. The summed E-state index contributed by atoms with van der Waals surface area (Å²) in [6.07, 6.45) is 0.939. The van der Waals surface area contributed by atoms with E-state index < -0.39 is 10.0 Å². The van der Waals surface area contributed by atoms with Crippen molar-refractivity contribution in [1.29, 1.82) is 0 Å². The average Bonchev–Trinajstić information content (AvgIpc) is 2.62. The van der Waals surface area contributed by atoms with Crippen LogP contribution in [0, 0.1) is 6.92 Å². The van der Waals surface area contributed by atoms with Gasteiger partial charge in [0.2, 0.25) is 0 Å². The van der Waals surface area contributed by atoms with Gasteiger partial charge in [-0.15, -0.1) is 0 Å². The summed E-state index contributed by atoms with van der Waals surface area (Å²) in [7, 11) is -1.56. The molecule has 1 N–H and O–H groups in total. The van der Waals surface area contributed by atoms with Crippen molar-refractivity contribution in [1.82, 2.24) is 4.90 Å². The molecule has 0 amide bonds. The first kappa shape index (κ1) is 17.1. The highest BCUT2D eigenvalue weighted by atomic mass is 32.2. The molecule has 5 heteroatoms. The summed E-state index contributed by atoms with van der Waals surface area (Å²) in [6.45, 7) is 3.89. The molecule has 134 valence electrons. The number of nitrogens with zero attached hydrogens (tertiary/aromatic N) is 1. The zero-order valence-corrected chi connectivity index (χ0v) is 15.8. The Bertz CT molecular complexity index is 1090. The minimum Gasteiger partial charge on any atom is -0.302 e. The molecule has 1 heterocycles. The van der Waals surface area contributed by atoms with Gasteiger partial charge in [-0.2, -0.15) is 0 Å². The molecule has 0 aromatic heterocycles. The van der Waals surface area contributed by atoms with Crippen molar-refractivity contribution in [2.24, 2.45) is 0 Å².